The smallest absolute Gasteiger partial charge is 0.403 e. The quantitative estimate of drug-likeness (QED) is 0.679. The summed E-state index contributed by atoms with van der Waals surface area (Å²) in [5.74, 6) is 0.739. The van der Waals surface area contributed by atoms with Gasteiger partial charge < -0.3 is 24.4 Å². The van der Waals surface area contributed by atoms with Crippen LogP contribution in [0.2, 0.25) is 5.82 Å². The number of aromatic nitrogens is 1. The topological polar surface area (TPSA) is 84.0 Å². The third kappa shape index (κ3) is 5.43. The summed E-state index contributed by atoms with van der Waals surface area (Å²) in [5, 5.41) is 2.90. The minimum absolute atomic E-state index is 0.0730. The van der Waals surface area contributed by atoms with Crippen molar-refractivity contribution in [2.24, 2.45) is 5.92 Å². The third-order valence-electron chi connectivity index (χ3n) is 7.21. The Balaban J connectivity index is 1.49. The van der Waals surface area contributed by atoms with Crippen LogP contribution >= 0.6 is 0 Å². The lowest BCUT2D eigenvalue weighted by Crippen LogP contribution is -2.48. The Labute approximate surface area is 192 Å². The maximum absolute atomic E-state index is 12.6. The summed E-state index contributed by atoms with van der Waals surface area (Å²) in [4.78, 5) is 32.5. The second-order valence-corrected chi connectivity index (χ2v) is 10.1. The number of amides is 2. The number of rotatable bonds is 6. The highest BCUT2D eigenvalue weighted by Crippen LogP contribution is 2.42. The molecule has 176 valence electrons. The molecule has 2 amide bonds. The van der Waals surface area contributed by atoms with Crippen LogP contribution in [0.1, 0.15) is 54.9 Å². The Morgan fingerprint density at radius 2 is 1.69 bits per heavy atom. The molecule has 3 rings (SSSR count). The van der Waals surface area contributed by atoms with Crippen LogP contribution in [0.15, 0.2) is 18.3 Å². The predicted molar refractivity (Wildman–Crippen MR) is 127 cm³/mol. The summed E-state index contributed by atoms with van der Waals surface area (Å²) in [6.45, 7) is 16.9. The van der Waals surface area contributed by atoms with Crippen LogP contribution in [-0.4, -0.2) is 66.2 Å². The molecule has 1 unspecified atom stereocenters. The van der Waals surface area contributed by atoms with Crippen LogP contribution in [-0.2, 0) is 18.9 Å². The first-order valence-electron chi connectivity index (χ1n) is 11.5. The molecule has 8 nitrogen and oxygen atoms in total. The van der Waals surface area contributed by atoms with Gasteiger partial charge in [-0.1, -0.05) is 13.8 Å². The van der Waals surface area contributed by atoms with Gasteiger partial charge in [-0.15, -0.1) is 0 Å². The Bertz CT molecular complexity index is 806. The van der Waals surface area contributed by atoms with Gasteiger partial charge in [0.15, 0.2) is 0 Å². The highest BCUT2D eigenvalue weighted by atomic mass is 16.7. The van der Waals surface area contributed by atoms with Crippen molar-refractivity contribution in [3.05, 3.63) is 18.3 Å². The molecule has 2 aliphatic rings. The molecule has 1 aromatic heterocycles. The molecule has 2 fully saturated rings. The van der Waals surface area contributed by atoms with Crippen molar-refractivity contribution < 1.29 is 18.9 Å². The number of hydrogen-bond acceptors (Lipinski definition) is 6. The SMILES string of the molecule is CC(=O)N1CCN(c2ccc(NC(=O)C[C@H](C)C(C)B3OC(C)(C)C(C)(C)O3)nc2)CC1. The predicted octanol–water partition coefficient (Wildman–Crippen LogP) is 3.20. The second-order valence-electron chi connectivity index (χ2n) is 10.1. The molecular weight excluding hydrogens is 407 g/mol. The number of carbonyl (C=O) groups is 2. The van der Waals surface area contributed by atoms with Crippen molar-refractivity contribution in [2.75, 3.05) is 36.4 Å². The van der Waals surface area contributed by atoms with Gasteiger partial charge in [0.25, 0.3) is 0 Å². The number of anilines is 2. The normalized spacial score (nSPS) is 21.9. The van der Waals surface area contributed by atoms with E-state index in [0.717, 1.165) is 18.8 Å². The minimum atomic E-state index is -0.377. The van der Waals surface area contributed by atoms with Gasteiger partial charge in [0.1, 0.15) is 5.82 Å². The van der Waals surface area contributed by atoms with Crippen molar-refractivity contribution in [1.29, 1.82) is 0 Å². The first-order chi connectivity index (χ1) is 14.9. The van der Waals surface area contributed by atoms with E-state index in [1.54, 1.807) is 13.1 Å². The molecule has 2 saturated heterocycles. The van der Waals surface area contributed by atoms with Gasteiger partial charge in [-0.3, -0.25) is 9.59 Å². The average Bonchev–Trinajstić information content (AvgIpc) is 2.95. The number of pyridine rings is 1. The zero-order chi connectivity index (χ0) is 23.7. The Morgan fingerprint density at radius 3 is 2.19 bits per heavy atom. The van der Waals surface area contributed by atoms with E-state index in [1.807, 2.05) is 51.7 Å². The Hall–Kier alpha value is -2.13. The van der Waals surface area contributed by atoms with E-state index in [0.29, 0.717) is 25.3 Å². The van der Waals surface area contributed by atoms with Gasteiger partial charge >= 0.3 is 7.12 Å². The first-order valence-corrected chi connectivity index (χ1v) is 11.5. The molecule has 1 aromatic rings. The number of nitrogens with one attached hydrogen (secondary N) is 1. The summed E-state index contributed by atoms with van der Waals surface area (Å²) < 4.78 is 12.3. The lowest BCUT2D eigenvalue weighted by atomic mass is 9.65. The number of piperazine rings is 1. The van der Waals surface area contributed by atoms with E-state index in [4.69, 9.17) is 9.31 Å². The van der Waals surface area contributed by atoms with Gasteiger partial charge in [-0.2, -0.15) is 0 Å². The van der Waals surface area contributed by atoms with E-state index >= 15 is 0 Å². The van der Waals surface area contributed by atoms with Crippen LogP contribution in [0.3, 0.4) is 0 Å². The summed E-state index contributed by atoms with van der Waals surface area (Å²) in [5.41, 5.74) is 0.241. The molecule has 9 heteroatoms. The maximum Gasteiger partial charge on any atom is 0.461 e. The maximum atomic E-state index is 12.6. The summed E-state index contributed by atoms with van der Waals surface area (Å²) >= 11 is 0. The molecule has 0 saturated carbocycles. The molecule has 3 heterocycles. The lowest BCUT2D eigenvalue weighted by molar-refractivity contribution is -0.129. The standard InChI is InChI=1S/C23H37BN4O4/c1-16(17(2)24-31-22(4,5)23(6,7)32-24)14-21(30)26-20-9-8-19(15-25-20)28-12-10-27(11-13-28)18(3)29/h8-9,15-17H,10-14H2,1-7H3,(H,25,26,30)/t16-,17?/m0/s1. The molecule has 0 bridgehead atoms. The van der Waals surface area contributed by atoms with Crippen molar-refractivity contribution >= 4 is 30.4 Å². The third-order valence-corrected chi connectivity index (χ3v) is 7.21. The summed E-state index contributed by atoms with van der Waals surface area (Å²) in [7, 11) is -0.330. The minimum Gasteiger partial charge on any atom is -0.403 e. The molecule has 0 aliphatic carbocycles. The van der Waals surface area contributed by atoms with Gasteiger partial charge in [-0.25, -0.2) is 4.98 Å². The van der Waals surface area contributed by atoms with Gasteiger partial charge in [0.2, 0.25) is 11.8 Å². The molecule has 1 N–H and O–H groups in total. The van der Waals surface area contributed by atoms with E-state index in [9.17, 15) is 9.59 Å². The monoisotopic (exact) mass is 444 g/mol. The Morgan fingerprint density at radius 1 is 1.09 bits per heavy atom. The highest BCUT2D eigenvalue weighted by molar-refractivity contribution is 6.47. The Kier molecular flexibility index (Phi) is 7.20. The fraction of sp³-hybridized carbons (Fsp3) is 0.696. The van der Waals surface area contributed by atoms with Crippen LogP contribution in [0.25, 0.3) is 0 Å². The van der Waals surface area contributed by atoms with E-state index in [1.165, 1.54) is 0 Å². The van der Waals surface area contributed by atoms with E-state index < -0.39 is 0 Å². The number of carbonyl (C=O) groups excluding carboxylic acids is 2. The van der Waals surface area contributed by atoms with Crippen molar-refractivity contribution in [1.82, 2.24) is 9.88 Å². The average molecular weight is 444 g/mol. The number of hydrogen-bond donors (Lipinski definition) is 1. The van der Waals surface area contributed by atoms with E-state index in [2.05, 4.69) is 22.1 Å². The fourth-order valence-corrected chi connectivity index (χ4v) is 3.97. The fourth-order valence-electron chi connectivity index (χ4n) is 3.97. The molecule has 0 radical (unpaired) electrons. The molecule has 0 aromatic carbocycles. The van der Waals surface area contributed by atoms with E-state index in [-0.39, 0.29) is 41.9 Å². The summed E-state index contributed by atoms with van der Waals surface area (Å²) in [6.07, 6.45) is 2.14. The van der Waals surface area contributed by atoms with Gasteiger partial charge in [0.05, 0.1) is 23.1 Å². The van der Waals surface area contributed by atoms with Gasteiger partial charge in [-0.05, 0) is 51.6 Å². The highest BCUT2D eigenvalue weighted by Gasteiger charge is 2.53. The van der Waals surface area contributed by atoms with Crippen LogP contribution in [0.4, 0.5) is 11.5 Å². The lowest BCUT2D eigenvalue weighted by Gasteiger charge is -2.35. The molecule has 32 heavy (non-hydrogen) atoms. The number of nitrogens with zero attached hydrogens (tertiary/aromatic N) is 3. The van der Waals surface area contributed by atoms with Crippen molar-refractivity contribution in [2.45, 2.75) is 71.9 Å². The van der Waals surface area contributed by atoms with Crippen LogP contribution < -0.4 is 10.2 Å². The van der Waals surface area contributed by atoms with Crippen molar-refractivity contribution in [3.8, 4) is 0 Å². The zero-order valence-corrected chi connectivity index (χ0v) is 20.5. The molecule has 2 aliphatic heterocycles. The van der Waals surface area contributed by atoms with Crippen LogP contribution in [0, 0.1) is 5.92 Å². The van der Waals surface area contributed by atoms with Crippen molar-refractivity contribution in [3.63, 3.8) is 0 Å². The molecule has 0 spiro atoms. The largest absolute Gasteiger partial charge is 0.461 e. The summed E-state index contributed by atoms with van der Waals surface area (Å²) in [6, 6.07) is 3.79. The zero-order valence-electron chi connectivity index (χ0n) is 20.5. The second kappa shape index (κ2) is 9.39. The van der Waals surface area contributed by atoms with Gasteiger partial charge in [0, 0.05) is 39.5 Å². The molecule has 2 atom stereocenters. The first kappa shape index (κ1) is 24.5. The molecular formula is C23H37BN4O4. The van der Waals surface area contributed by atoms with Crippen LogP contribution in [0.5, 0.6) is 0 Å².